The Morgan fingerprint density at radius 3 is 2.43 bits per heavy atom. The minimum atomic E-state index is 1.00. The van der Waals surface area contributed by atoms with E-state index in [9.17, 15) is 0 Å². The number of nitrogens with one attached hydrogen (secondary N) is 2. The largest absolute Gasteiger partial charge is 0.351 e. The summed E-state index contributed by atoms with van der Waals surface area (Å²) >= 11 is 0. The van der Waals surface area contributed by atoms with E-state index in [4.69, 9.17) is 0 Å². The molecule has 14 heavy (non-hydrogen) atoms. The van der Waals surface area contributed by atoms with Crippen molar-refractivity contribution in [3.8, 4) is 0 Å². The molecule has 0 aliphatic heterocycles. The first-order chi connectivity index (χ1) is 6.86. The number of aromatic amines is 2. The topological polar surface area (TPSA) is 57.4 Å². The molecule has 0 aliphatic rings. The fourth-order valence-electron chi connectivity index (χ4n) is 0.980. The molecule has 0 spiro atoms. The molecule has 2 aromatic rings. The highest BCUT2D eigenvalue weighted by atomic mass is 14.9. The van der Waals surface area contributed by atoms with Crippen LogP contribution < -0.4 is 0 Å². The fraction of sp³-hybridized carbons (Fsp3) is 0.400. The SMILES string of the molecule is CCc1cnc(CC)[nH]1.c1c[nH]cn1. The van der Waals surface area contributed by atoms with Crippen molar-refractivity contribution in [2.24, 2.45) is 0 Å². The fourth-order valence-corrected chi connectivity index (χ4v) is 0.980. The summed E-state index contributed by atoms with van der Waals surface area (Å²) in [6.07, 6.45) is 9.03. The Kier molecular flexibility index (Phi) is 4.47. The summed E-state index contributed by atoms with van der Waals surface area (Å²) < 4.78 is 0. The zero-order valence-corrected chi connectivity index (χ0v) is 8.62. The summed E-state index contributed by atoms with van der Waals surface area (Å²) in [5, 5.41) is 0. The Labute approximate surface area is 83.8 Å². The molecule has 0 amide bonds. The molecule has 0 aliphatic carbocycles. The van der Waals surface area contributed by atoms with Gasteiger partial charge in [0.25, 0.3) is 0 Å². The second kappa shape index (κ2) is 5.96. The summed E-state index contributed by atoms with van der Waals surface area (Å²) in [5.41, 5.74) is 1.23. The van der Waals surface area contributed by atoms with Crippen LogP contribution in [0.3, 0.4) is 0 Å². The molecule has 0 atom stereocenters. The first-order valence-electron chi connectivity index (χ1n) is 4.82. The van der Waals surface area contributed by atoms with E-state index < -0.39 is 0 Å². The molecular formula is C10H16N4. The van der Waals surface area contributed by atoms with Crippen molar-refractivity contribution < 1.29 is 0 Å². The third-order valence-corrected chi connectivity index (χ3v) is 1.80. The highest BCUT2D eigenvalue weighted by Gasteiger charge is 1.93. The molecule has 2 heterocycles. The Bertz CT molecular complexity index is 288. The lowest BCUT2D eigenvalue weighted by atomic mass is 10.4. The van der Waals surface area contributed by atoms with E-state index in [0.29, 0.717) is 0 Å². The maximum absolute atomic E-state index is 4.15. The maximum atomic E-state index is 4.15. The van der Waals surface area contributed by atoms with Crippen molar-refractivity contribution in [2.75, 3.05) is 0 Å². The molecule has 2 aromatic heterocycles. The van der Waals surface area contributed by atoms with Gasteiger partial charge in [0, 0.05) is 30.7 Å². The predicted octanol–water partition coefficient (Wildman–Crippen LogP) is 1.94. The molecule has 0 bridgehead atoms. The molecule has 4 nitrogen and oxygen atoms in total. The number of rotatable bonds is 2. The molecular weight excluding hydrogens is 176 g/mol. The number of aryl methyl sites for hydroxylation is 2. The second-order valence-corrected chi connectivity index (χ2v) is 2.82. The lowest BCUT2D eigenvalue weighted by molar-refractivity contribution is 0.963. The molecule has 0 unspecified atom stereocenters. The van der Waals surface area contributed by atoms with Gasteiger partial charge in [-0.05, 0) is 6.42 Å². The summed E-state index contributed by atoms with van der Waals surface area (Å²) in [7, 11) is 0. The first kappa shape index (κ1) is 10.5. The minimum absolute atomic E-state index is 1.00. The Morgan fingerprint density at radius 2 is 2.14 bits per heavy atom. The zero-order valence-electron chi connectivity index (χ0n) is 8.62. The maximum Gasteiger partial charge on any atom is 0.105 e. The normalized spacial score (nSPS) is 9.29. The summed E-state index contributed by atoms with van der Waals surface area (Å²) in [4.78, 5) is 13.8. The van der Waals surface area contributed by atoms with Gasteiger partial charge < -0.3 is 9.97 Å². The molecule has 2 N–H and O–H groups in total. The summed E-state index contributed by atoms with van der Waals surface area (Å²) in [5.74, 6) is 1.09. The number of hydrogen-bond donors (Lipinski definition) is 2. The van der Waals surface area contributed by atoms with Gasteiger partial charge in [-0.2, -0.15) is 0 Å². The molecule has 4 heteroatoms. The van der Waals surface area contributed by atoms with Crippen LogP contribution in [0.5, 0.6) is 0 Å². The molecule has 2 rings (SSSR count). The van der Waals surface area contributed by atoms with Gasteiger partial charge in [0.05, 0.1) is 6.33 Å². The Morgan fingerprint density at radius 1 is 1.29 bits per heavy atom. The molecule has 0 radical (unpaired) electrons. The van der Waals surface area contributed by atoms with Crippen molar-refractivity contribution in [3.05, 3.63) is 36.4 Å². The van der Waals surface area contributed by atoms with Crippen LogP contribution in [0.2, 0.25) is 0 Å². The molecule has 0 aromatic carbocycles. The van der Waals surface area contributed by atoms with Crippen molar-refractivity contribution >= 4 is 0 Å². The number of aromatic nitrogens is 4. The van der Waals surface area contributed by atoms with E-state index in [1.165, 1.54) is 5.69 Å². The average Bonchev–Trinajstić information content (AvgIpc) is 2.92. The summed E-state index contributed by atoms with van der Waals surface area (Å²) in [6, 6.07) is 0. The monoisotopic (exact) mass is 192 g/mol. The summed E-state index contributed by atoms with van der Waals surface area (Å²) in [6.45, 7) is 4.21. The van der Waals surface area contributed by atoms with E-state index >= 15 is 0 Å². The zero-order chi connectivity index (χ0) is 10.2. The van der Waals surface area contributed by atoms with Crippen molar-refractivity contribution in [1.29, 1.82) is 0 Å². The van der Waals surface area contributed by atoms with Crippen molar-refractivity contribution in [2.45, 2.75) is 26.7 Å². The van der Waals surface area contributed by atoms with Crippen LogP contribution in [0, 0.1) is 0 Å². The van der Waals surface area contributed by atoms with Crippen LogP contribution in [0.15, 0.2) is 24.9 Å². The molecule has 0 saturated carbocycles. The lowest BCUT2D eigenvalue weighted by Crippen LogP contribution is -1.82. The van der Waals surface area contributed by atoms with Gasteiger partial charge >= 0.3 is 0 Å². The third kappa shape index (κ3) is 3.43. The van der Waals surface area contributed by atoms with E-state index in [2.05, 4.69) is 33.8 Å². The minimum Gasteiger partial charge on any atom is -0.351 e. The van der Waals surface area contributed by atoms with E-state index in [0.717, 1.165) is 18.7 Å². The van der Waals surface area contributed by atoms with Crippen LogP contribution in [0.1, 0.15) is 25.4 Å². The van der Waals surface area contributed by atoms with Gasteiger partial charge in [0.1, 0.15) is 5.82 Å². The Hall–Kier alpha value is -1.58. The average molecular weight is 192 g/mol. The first-order valence-corrected chi connectivity index (χ1v) is 4.82. The molecule has 0 fully saturated rings. The van der Waals surface area contributed by atoms with E-state index in [-0.39, 0.29) is 0 Å². The highest BCUT2D eigenvalue weighted by Crippen LogP contribution is 1.96. The molecule has 76 valence electrons. The van der Waals surface area contributed by atoms with Gasteiger partial charge in [-0.15, -0.1) is 0 Å². The number of nitrogens with zero attached hydrogens (tertiary/aromatic N) is 2. The van der Waals surface area contributed by atoms with Crippen molar-refractivity contribution in [3.63, 3.8) is 0 Å². The van der Waals surface area contributed by atoms with E-state index in [1.807, 2.05) is 6.20 Å². The number of imidazole rings is 2. The van der Waals surface area contributed by atoms with Gasteiger partial charge in [0.2, 0.25) is 0 Å². The van der Waals surface area contributed by atoms with Gasteiger partial charge in [0.15, 0.2) is 0 Å². The van der Waals surface area contributed by atoms with Crippen LogP contribution in [0.25, 0.3) is 0 Å². The standard InChI is InChI=1S/C7H12N2.C3H4N2/c1-3-6-5-8-7(4-2)9-6;1-2-5-3-4-1/h5H,3-4H2,1-2H3,(H,8,9);1-3H,(H,4,5). The van der Waals surface area contributed by atoms with Crippen LogP contribution in [-0.4, -0.2) is 19.9 Å². The number of hydrogen-bond acceptors (Lipinski definition) is 2. The third-order valence-electron chi connectivity index (χ3n) is 1.80. The van der Waals surface area contributed by atoms with Gasteiger partial charge in [-0.25, -0.2) is 9.97 Å². The molecule has 0 saturated heterocycles. The predicted molar refractivity (Wildman–Crippen MR) is 55.9 cm³/mol. The highest BCUT2D eigenvalue weighted by molar-refractivity contribution is 5.00. The quantitative estimate of drug-likeness (QED) is 0.764. The number of H-pyrrole nitrogens is 2. The van der Waals surface area contributed by atoms with Gasteiger partial charge in [-0.1, -0.05) is 13.8 Å². The van der Waals surface area contributed by atoms with Crippen molar-refractivity contribution in [1.82, 2.24) is 19.9 Å². The Balaban J connectivity index is 0.000000165. The van der Waals surface area contributed by atoms with E-state index in [1.54, 1.807) is 18.7 Å². The second-order valence-electron chi connectivity index (χ2n) is 2.82. The smallest absolute Gasteiger partial charge is 0.105 e. The van der Waals surface area contributed by atoms with Crippen LogP contribution in [0.4, 0.5) is 0 Å². The lowest BCUT2D eigenvalue weighted by Gasteiger charge is -1.85. The van der Waals surface area contributed by atoms with Crippen LogP contribution in [-0.2, 0) is 12.8 Å². The van der Waals surface area contributed by atoms with Gasteiger partial charge in [-0.3, -0.25) is 0 Å². The van der Waals surface area contributed by atoms with Crippen LogP contribution >= 0.6 is 0 Å².